The Morgan fingerprint density at radius 1 is 1.14 bits per heavy atom. The van der Waals surface area contributed by atoms with Crippen LogP contribution in [0.5, 0.6) is 0 Å². The number of hydrogen-bond donors (Lipinski definition) is 4. The molecule has 1 saturated heterocycles. The predicted molar refractivity (Wildman–Crippen MR) is 118 cm³/mol. The fourth-order valence-electron chi connectivity index (χ4n) is 3.14. The van der Waals surface area contributed by atoms with Gasteiger partial charge in [-0.05, 0) is 49.2 Å². The van der Waals surface area contributed by atoms with E-state index in [9.17, 15) is 9.90 Å². The number of carbonyl (C=O) groups is 1. The summed E-state index contributed by atoms with van der Waals surface area (Å²) in [6.07, 6.45) is 1.62. The van der Waals surface area contributed by atoms with Crippen molar-refractivity contribution in [1.82, 2.24) is 5.32 Å². The number of rotatable bonds is 7. The third-order valence-corrected chi connectivity index (χ3v) is 5.57. The third kappa shape index (κ3) is 5.47. The molecule has 2 aromatic carbocycles. The molecule has 28 heavy (non-hydrogen) atoms. The minimum atomic E-state index is -0.761. The SMILES string of the molecule is O=C(NCC(O)CNc1ccc(N2CCCC2)c(Cl)c1)c1cc(Cl)ccc1S. The molecule has 5 nitrogen and oxygen atoms in total. The van der Waals surface area contributed by atoms with Crippen molar-refractivity contribution in [1.29, 1.82) is 0 Å². The van der Waals surface area contributed by atoms with E-state index in [0.29, 0.717) is 20.5 Å². The van der Waals surface area contributed by atoms with E-state index in [2.05, 4.69) is 28.2 Å². The summed E-state index contributed by atoms with van der Waals surface area (Å²) in [4.78, 5) is 15.0. The van der Waals surface area contributed by atoms with Crippen molar-refractivity contribution in [2.24, 2.45) is 0 Å². The lowest BCUT2D eigenvalue weighted by molar-refractivity contribution is 0.0919. The monoisotopic (exact) mass is 439 g/mol. The maximum Gasteiger partial charge on any atom is 0.252 e. The van der Waals surface area contributed by atoms with Crippen molar-refractivity contribution in [3.8, 4) is 0 Å². The highest BCUT2D eigenvalue weighted by Gasteiger charge is 2.16. The first-order valence-electron chi connectivity index (χ1n) is 9.17. The van der Waals surface area contributed by atoms with Gasteiger partial charge in [-0.1, -0.05) is 23.2 Å². The first kappa shape index (κ1) is 21.1. The summed E-state index contributed by atoms with van der Waals surface area (Å²) in [5.41, 5.74) is 2.24. The maximum absolute atomic E-state index is 12.2. The van der Waals surface area contributed by atoms with Gasteiger partial charge in [0.1, 0.15) is 0 Å². The van der Waals surface area contributed by atoms with Crippen LogP contribution in [0.4, 0.5) is 11.4 Å². The molecule has 1 atom stereocenters. The van der Waals surface area contributed by atoms with Gasteiger partial charge in [0, 0.05) is 41.8 Å². The van der Waals surface area contributed by atoms with Crippen LogP contribution in [0.3, 0.4) is 0 Å². The lowest BCUT2D eigenvalue weighted by Crippen LogP contribution is -2.36. The van der Waals surface area contributed by atoms with Crippen molar-refractivity contribution < 1.29 is 9.90 Å². The minimum Gasteiger partial charge on any atom is -0.389 e. The molecule has 150 valence electrons. The number of thiol groups is 1. The van der Waals surface area contributed by atoms with E-state index >= 15 is 0 Å². The average molecular weight is 440 g/mol. The van der Waals surface area contributed by atoms with Crippen molar-refractivity contribution >= 4 is 53.1 Å². The summed E-state index contributed by atoms with van der Waals surface area (Å²) in [6.45, 7) is 2.45. The molecule has 1 unspecified atom stereocenters. The molecule has 1 aliphatic heterocycles. The van der Waals surface area contributed by atoms with Crippen molar-refractivity contribution in [2.45, 2.75) is 23.8 Å². The number of aliphatic hydroxyl groups is 1. The molecule has 0 spiro atoms. The Balaban J connectivity index is 1.49. The van der Waals surface area contributed by atoms with E-state index in [0.717, 1.165) is 24.5 Å². The number of nitrogens with one attached hydrogen (secondary N) is 2. The van der Waals surface area contributed by atoms with Crippen molar-refractivity contribution in [3.05, 3.63) is 52.0 Å². The molecule has 1 heterocycles. The van der Waals surface area contributed by atoms with Gasteiger partial charge in [-0.15, -0.1) is 12.6 Å². The molecular weight excluding hydrogens is 417 g/mol. The van der Waals surface area contributed by atoms with Crippen LogP contribution in [0.1, 0.15) is 23.2 Å². The average Bonchev–Trinajstić information content (AvgIpc) is 3.20. The summed E-state index contributed by atoms with van der Waals surface area (Å²) < 4.78 is 0. The van der Waals surface area contributed by atoms with Gasteiger partial charge < -0.3 is 20.6 Å². The Hall–Kier alpha value is -1.60. The Bertz CT molecular complexity index is 844. The minimum absolute atomic E-state index is 0.102. The van der Waals surface area contributed by atoms with Crippen LogP contribution < -0.4 is 15.5 Å². The zero-order valence-corrected chi connectivity index (χ0v) is 17.7. The fraction of sp³-hybridized carbons (Fsp3) is 0.350. The second-order valence-electron chi connectivity index (χ2n) is 6.77. The molecule has 3 N–H and O–H groups in total. The van der Waals surface area contributed by atoms with Gasteiger partial charge in [-0.2, -0.15) is 0 Å². The van der Waals surface area contributed by atoms with Gasteiger partial charge in [0.05, 0.1) is 22.4 Å². The van der Waals surface area contributed by atoms with Gasteiger partial charge in [0.15, 0.2) is 0 Å². The van der Waals surface area contributed by atoms with Crippen LogP contribution in [0.2, 0.25) is 10.0 Å². The Labute approximate surface area is 180 Å². The van der Waals surface area contributed by atoms with Crippen LogP contribution >= 0.6 is 35.8 Å². The lowest BCUT2D eigenvalue weighted by Gasteiger charge is -2.20. The van der Waals surface area contributed by atoms with Crippen LogP contribution in [0, 0.1) is 0 Å². The van der Waals surface area contributed by atoms with E-state index in [1.807, 2.05) is 18.2 Å². The maximum atomic E-state index is 12.2. The van der Waals surface area contributed by atoms with E-state index < -0.39 is 6.10 Å². The van der Waals surface area contributed by atoms with Gasteiger partial charge in [-0.25, -0.2) is 0 Å². The van der Waals surface area contributed by atoms with E-state index in [1.165, 1.54) is 12.8 Å². The standard InChI is InChI=1S/C20H23Cl2N3O2S/c21-13-3-6-19(28)16(9-13)20(27)24-12-15(26)11-23-14-4-5-18(17(22)10-14)25-7-1-2-8-25/h3-6,9-10,15,23,26,28H,1-2,7-8,11-12H2,(H,24,27). The number of aliphatic hydroxyl groups excluding tert-OH is 1. The quantitative estimate of drug-likeness (QED) is 0.490. The Morgan fingerprint density at radius 2 is 1.89 bits per heavy atom. The van der Waals surface area contributed by atoms with Crippen LogP contribution in [-0.2, 0) is 0 Å². The zero-order valence-electron chi connectivity index (χ0n) is 15.3. The lowest BCUT2D eigenvalue weighted by atomic mass is 10.2. The second-order valence-corrected chi connectivity index (χ2v) is 8.09. The summed E-state index contributed by atoms with van der Waals surface area (Å²) in [5.74, 6) is -0.329. The zero-order chi connectivity index (χ0) is 20.1. The van der Waals surface area contributed by atoms with Crippen LogP contribution in [0.15, 0.2) is 41.3 Å². The fourth-order valence-corrected chi connectivity index (χ4v) is 3.85. The molecule has 8 heteroatoms. The summed E-state index contributed by atoms with van der Waals surface area (Å²) in [5, 5.41) is 17.2. The second kappa shape index (κ2) is 9.74. The normalized spacial score (nSPS) is 14.8. The first-order valence-corrected chi connectivity index (χ1v) is 10.4. The van der Waals surface area contributed by atoms with Gasteiger partial charge in [-0.3, -0.25) is 4.79 Å². The molecule has 1 aliphatic rings. The van der Waals surface area contributed by atoms with Gasteiger partial charge in [0.2, 0.25) is 0 Å². The molecule has 3 rings (SSSR count). The molecule has 0 aromatic heterocycles. The van der Waals surface area contributed by atoms with E-state index in [1.54, 1.807) is 18.2 Å². The van der Waals surface area contributed by atoms with Crippen LogP contribution in [-0.4, -0.2) is 43.3 Å². The van der Waals surface area contributed by atoms with E-state index in [4.69, 9.17) is 23.2 Å². The van der Waals surface area contributed by atoms with Crippen molar-refractivity contribution in [3.63, 3.8) is 0 Å². The van der Waals surface area contributed by atoms with Crippen molar-refractivity contribution in [2.75, 3.05) is 36.4 Å². The van der Waals surface area contributed by atoms with Crippen LogP contribution in [0.25, 0.3) is 0 Å². The molecule has 2 aromatic rings. The summed E-state index contributed by atoms with van der Waals surface area (Å²) in [6, 6.07) is 10.7. The number of benzene rings is 2. The largest absolute Gasteiger partial charge is 0.389 e. The molecule has 0 saturated carbocycles. The highest BCUT2D eigenvalue weighted by Crippen LogP contribution is 2.31. The highest BCUT2D eigenvalue weighted by atomic mass is 35.5. The number of amides is 1. The third-order valence-electron chi connectivity index (χ3n) is 4.64. The molecule has 0 radical (unpaired) electrons. The topological polar surface area (TPSA) is 64.6 Å². The number of carbonyl (C=O) groups excluding carboxylic acids is 1. The predicted octanol–water partition coefficient (Wildman–Crippen LogP) is 4.09. The van der Waals surface area contributed by atoms with Gasteiger partial charge >= 0.3 is 0 Å². The molecular formula is C20H23Cl2N3O2S. The molecule has 1 fully saturated rings. The highest BCUT2D eigenvalue weighted by molar-refractivity contribution is 7.80. The molecule has 0 aliphatic carbocycles. The number of anilines is 2. The summed E-state index contributed by atoms with van der Waals surface area (Å²) >= 11 is 16.6. The smallest absolute Gasteiger partial charge is 0.252 e. The summed E-state index contributed by atoms with van der Waals surface area (Å²) in [7, 11) is 0. The Kier molecular flexibility index (Phi) is 7.35. The number of nitrogens with zero attached hydrogens (tertiary/aromatic N) is 1. The molecule has 1 amide bonds. The van der Waals surface area contributed by atoms with Gasteiger partial charge in [0.25, 0.3) is 5.91 Å². The van der Waals surface area contributed by atoms with E-state index in [-0.39, 0.29) is 19.0 Å². The number of halogens is 2. The first-order chi connectivity index (χ1) is 13.4. The molecule has 0 bridgehead atoms. The number of hydrogen-bond acceptors (Lipinski definition) is 5. The Morgan fingerprint density at radius 3 is 2.61 bits per heavy atom.